The van der Waals surface area contributed by atoms with Crippen LogP contribution in [-0.4, -0.2) is 14.6 Å². The van der Waals surface area contributed by atoms with Crippen molar-refractivity contribution in [3.63, 3.8) is 0 Å². The largest absolute Gasteiger partial charge is 0.422 e. The van der Waals surface area contributed by atoms with Crippen molar-refractivity contribution >= 4 is 38.0 Å². The summed E-state index contributed by atoms with van der Waals surface area (Å²) in [5.74, 6) is 0.679. The highest BCUT2D eigenvalue weighted by atomic mass is 32.1. The molecule has 0 atom stereocenters. The molecule has 0 bridgehead atoms. The van der Waals surface area contributed by atoms with Crippen LogP contribution in [0.4, 0.5) is 0 Å². The van der Waals surface area contributed by atoms with Crippen LogP contribution in [0.15, 0.2) is 57.1 Å². The first-order valence-electron chi connectivity index (χ1n) is 7.47. The third kappa shape index (κ3) is 1.83. The molecule has 116 valence electrons. The Hall–Kier alpha value is -2.99. The minimum absolute atomic E-state index is 0.370. The molecule has 5 rings (SSSR count). The van der Waals surface area contributed by atoms with Gasteiger partial charge in [0.2, 0.25) is 4.96 Å². The van der Waals surface area contributed by atoms with E-state index < -0.39 is 0 Å². The summed E-state index contributed by atoms with van der Waals surface area (Å²) in [6.45, 7) is 1.83. The summed E-state index contributed by atoms with van der Waals surface area (Å²) in [4.78, 5) is 17.6. The monoisotopic (exact) mass is 333 g/mol. The van der Waals surface area contributed by atoms with Gasteiger partial charge in [0.05, 0.1) is 11.3 Å². The first kappa shape index (κ1) is 13.4. The third-order valence-electron chi connectivity index (χ3n) is 4.11. The molecule has 0 aliphatic carbocycles. The van der Waals surface area contributed by atoms with E-state index in [2.05, 4.69) is 10.1 Å². The molecular formula is C18H11N3O2S. The molecule has 3 aromatic heterocycles. The summed E-state index contributed by atoms with van der Waals surface area (Å²) in [5.41, 5.74) is 1.42. The number of thiazole rings is 1. The maximum absolute atomic E-state index is 12.5. The molecule has 0 unspecified atom stereocenters. The Labute approximate surface area is 139 Å². The summed E-state index contributed by atoms with van der Waals surface area (Å²) >= 11 is 1.46. The van der Waals surface area contributed by atoms with Crippen LogP contribution in [0.2, 0.25) is 0 Å². The van der Waals surface area contributed by atoms with Crippen molar-refractivity contribution in [1.82, 2.24) is 14.6 Å². The molecule has 0 N–H and O–H groups in total. The van der Waals surface area contributed by atoms with Gasteiger partial charge >= 0.3 is 5.63 Å². The molecule has 6 heteroatoms. The van der Waals surface area contributed by atoms with Gasteiger partial charge in [-0.05, 0) is 29.8 Å². The van der Waals surface area contributed by atoms with Gasteiger partial charge in [-0.15, -0.1) is 11.3 Å². The van der Waals surface area contributed by atoms with Gasteiger partial charge in [-0.25, -0.2) is 14.3 Å². The van der Waals surface area contributed by atoms with E-state index in [0.29, 0.717) is 22.7 Å². The van der Waals surface area contributed by atoms with Gasteiger partial charge in [0.25, 0.3) is 0 Å². The van der Waals surface area contributed by atoms with Gasteiger partial charge in [-0.1, -0.05) is 30.3 Å². The predicted molar refractivity (Wildman–Crippen MR) is 94.6 cm³/mol. The minimum atomic E-state index is -0.370. The van der Waals surface area contributed by atoms with E-state index in [4.69, 9.17) is 4.42 Å². The maximum atomic E-state index is 12.5. The van der Waals surface area contributed by atoms with Crippen LogP contribution in [0.3, 0.4) is 0 Å². The van der Waals surface area contributed by atoms with Crippen molar-refractivity contribution in [2.75, 3.05) is 0 Å². The van der Waals surface area contributed by atoms with Crippen LogP contribution in [0.5, 0.6) is 0 Å². The standard InChI is InChI=1S/C18H11N3O2S/c1-10-19-18-21(20-10)15(9-24-18)14-8-13-12-5-3-2-4-11(12)6-7-16(13)23-17(14)22/h2-9H,1H3. The zero-order chi connectivity index (χ0) is 16.3. The van der Waals surface area contributed by atoms with Gasteiger partial charge in [-0.2, -0.15) is 5.10 Å². The Bertz CT molecular complexity index is 1300. The van der Waals surface area contributed by atoms with Crippen molar-refractivity contribution in [2.45, 2.75) is 6.92 Å². The molecule has 0 radical (unpaired) electrons. The third-order valence-corrected chi connectivity index (χ3v) is 4.92. The topological polar surface area (TPSA) is 60.4 Å². The Morgan fingerprint density at radius 3 is 2.92 bits per heavy atom. The molecule has 0 spiro atoms. The number of hydrogen-bond donors (Lipinski definition) is 0. The van der Waals surface area contributed by atoms with Gasteiger partial charge < -0.3 is 4.42 Å². The number of aryl methyl sites for hydroxylation is 1. The van der Waals surface area contributed by atoms with Crippen LogP contribution in [0.1, 0.15) is 5.82 Å². The number of hydrogen-bond acceptors (Lipinski definition) is 5. The molecule has 0 aliphatic heterocycles. The van der Waals surface area contributed by atoms with E-state index in [1.54, 1.807) is 4.52 Å². The Morgan fingerprint density at radius 1 is 1.12 bits per heavy atom. The zero-order valence-electron chi connectivity index (χ0n) is 12.7. The fourth-order valence-corrected chi connectivity index (χ4v) is 3.88. The highest BCUT2D eigenvalue weighted by Crippen LogP contribution is 2.29. The predicted octanol–water partition coefficient (Wildman–Crippen LogP) is 4.03. The maximum Gasteiger partial charge on any atom is 0.345 e. The second kappa shape index (κ2) is 4.75. The normalized spacial score (nSPS) is 11.7. The second-order valence-corrected chi connectivity index (χ2v) is 6.46. The summed E-state index contributed by atoms with van der Waals surface area (Å²) in [6, 6.07) is 13.7. The number of aromatic nitrogens is 3. The van der Waals surface area contributed by atoms with Crippen molar-refractivity contribution in [3.8, 4) is 11.3 Å². The minimum Gasteiger partial charge on any atom is -0.422 e. The Kier molecular flexibility index (Phi) is 2.66. The van der Waals surface area contributed by atoms with Crippen LogP contribution in [0.25, 0.3) is 38.0 Å². The van der Waals surface area contributed by atoms with Gasteiger partial charge in [-0.3, -0.25) is 0 Å². The lowest BCUT2D eigenvalue weighted by atomic mass is 10.0. The van der Waals surface area contributed by atoms with E-state index in [0.717, 1.165) is 21.1 Å². The van der Waals surface area contributed by atoms with Crippen LogP contribution < -0.4 is 5.63 Å². The average Bonchev–Trinajstić information content (AvgIpc) is 3.13. The van der Waals surface area contributed by atoms with E-state index in [1.165, 1.54) is 11.3 Å². The number of nitrogens with zero attached hydrogens (tertiary/aromatic N) is 3. The van der Waals surface area contributed by atoms with E-state index in [-0.39, 0.29) is 5.63 Å². The van der Waals surface area contributed by atoms with Crippen LogP contribution >= 0.6 is 11.3 Å². The lowest BCUT2D eigenvalue weighted by Gasteiger charge is -2.05. The summed E-state index contributed by atoms with van der Waals surface area (Å²) < 4.78 is 7.27. The Morgan fingerprint density at radius 2 is 2.00 bits per heavy atom. The SMILES string of the molecule is Cc1nc2scc(-c3cc4c(ccc5ccccc54)oc3=O)n2n1. The highest BCUT2D eigenvalue weighted by molar-refractivity contribution is 7.15. The van der Waals surface area contributed by atoms with E-state index >= 15 is 0 Å². The van der Waals surface area contributed by atoms with Crippen molar-refractivity contribution in [3.05, 3.63) is 64.1 Å². The van der Waals surface area contributed by atoms with Crippen LogP contribution in [-0.2, 0) is 0 Å². The fourth-order valence-electron chi connectivity index (χ4n) is 3.01. The van der Waals surface area contributed by atoms with Gasteiger partial charge in [0.15, 0.2) is 0 Å². The molecule has 0 saturated heterocycles. The molecule has 24 heavy (non-hydrogen) atoms. The average molecular weight is 333 g/mol. The molecule has 3 heterocycles. The summed E-state index contributed by atoms with van der Waals surface area (Å²) in [5, 5.41) is 9.34. The lowest BCUT2D eigenvalue weighted by Crippen LogP contribution is -2.05. The molecule has 5 aromatic rings. The van der Waals surface area contributed by atoms with Crippen molar-refractivity contribution < 1.29 is 4.42 Å². The molecule has 0 aliphatic rings. The van der Waals surface area contributed by atoms with E-state index in [9.17, 15) is 4.79 Å². The fraction of sp³-hybridized carbons (Fsp3) is 0.0556. The smallest absolute Gasteiger partial charge is 0.345 e. The molecular weight excluding hydrogens is 322 g/mol. The second-order valence-electron chi connectivity index (χ2n) is 5.62. The number of rotatable bonds is 1. The van der Waals surface area contributed by atoms with Crippen LogP contribution in [0, 0.1) is 6.92 Å². The van der Waals surface area contributed by atoms with E-state index in [1.807, 2.05) is 54.8 Å². The molecule has 0 amide bonds. The summed E-state index contributed by atoms with van der Waals surface area (Å²) in [6.07, 6.45) is 0. The van der Waals surface area contributed by atoms with Crippen molar-refractivity contribution in [2.24, 2.45) is 0 Å². The van der Waals surface area contributed by atoms with Gasteiger partial charge in [0, 0.05) is 10.8 Å². The Balaban J connectivity index is 1.89. The molecule has 5 nitrogen and oxygen atoms in total. The van der Waals surface area contributed by atoms with Crippen molar-refractivity contribution in [1.29, 1.82) is 0 Å². The molecule has 2 aromatic carbocycles. The molecule has 0 fully saturated rings. The highest BCUT2D eigenvalue weighted by Gasteiger charge is 2.15. The quantitative estimate of drug-likeness (QED) is 0.343. The number of benzene rings is 2. The zero-order valence-corrected chi connectivity index (χ0v) is 13.5. The van der Waals surface area contributed by atoms with Gasteiger partial charge in [0.1, 0.15) is 11.4 Å². The first-order valence-corrected chi connectivity index (χ1v) is 8.35. The first-order chi connectivity index (χ1) is 11.7. The lowest BCUT2D eigenvalue weighted by molar-refractivity contribution is 0.563. The number of fused-ring (bicyclic) bond motifs is 4. The molecule has 0 saturated carbocycles. The summed E-state index contributed by atoms with van der Waals surface area (Å²) in [7, 11) is 0.